The highest BCUT2D eigenvalue weighted by atomic mass is 32.1. The summed E-state index contributed by atoms with van der Waals surface area (Å²) in [7, 11) is 0. The van der Waals surface area contributed by atoms with Crippen LogP contribution in [0.4, 0.5) is 5.00 Å². The van der Waals surface area contributed by atoms with Gasteiger partial charge in [0.05, 0.1) is 6.61 Å². The van der Waals surface area contributed by atoms with Crippen LogP contribution in [-0.4, -0.2) is 18.5 Å². The van der Waals surface area contributed by atoms with Gasteiger partial charge in [-0.1, -0.05) is 72.8 Å². The molecule has 0 spiro atoms. The van der Waals surface area contributed by atoms with E-state index in [2.05, 4.69) is 5.32 Å². The Morgan fingerprint density at radius 1 is 0.812 bits per heavy atom. The maximum absolute atomic E-state index is 13.0. The zero-order valence-corrected chi connectivity index (χ0v) is 18.7. The molecule has 1 aromatic heterocycles. The van der Waals surface area contributed by atoms with E-state index in [-0.39, 0.29) is 12.5 Å². The van der Waals surface area contributed by atoms with E-state index in [4.69, 9.17) is 4.74 Å². The minimum Gasteiger partial charge on any atom is -0.462 e. The van der Waals surface area contributed by atoms with E-state index in [9.17, 15) is 9.59 Å². The Balaban J connectivity index is 1.65. The first-order valence-electron chi connectivity index (χ1n) is 10.4. The minimum atomic E-state index is -0.439. The van der Waals surface area contributed by atoms with Crippen molar-refractivity contribution in [2.45, 2.75) is 13.8 Å². The molecule has 4 aromatic rings. The molecule has 0 atom stereocenters. The van der Waals surface area contributed by atoms with Crippen molar-refractivity contribution in [2.24, 2.45) is 0 Å². The second-order valence-electron chi connectivity index (χ2n) is 7.22. The lowest BCUT2D eigenvalue weighted by atomic mass is 10.0. The highest BCUT2D eigenvalue weighted by molar-refractivity contribution is 7.17. The number of hydrogen-bond acceptors (Lipinski definition) is 4. The largest absolute Gasteiger partial charge is 0.462 e. The van der Waals surface area contributed by atoms with Gasteiger partial charge in [-0.05, 0) is 42.7 Å². The molecule has 5 heteroatoms. The summed E-state index contributed by atoms with van der Waals surface area (Å²) >= 11 is 1.38. The normalized spacial score (nSPS) is 10.6. The first kappa shape index (κ1) is 21.5. The molecule has 3 aromatic carbocycles. The van der Waals surface area contributed by atoms with E-state index in [0.29, 0.717) is 16.1 Å². The van der Waals surface area contributed by atoms with Gasteiger partial charge in [-0.3, -0.25) is 4.79 Å². The summed E-state index contributed by atoms with van der Waals surface area (Å²) in [5, 5.41) is 3.43. The lowest BCUT2D eigenvalue weighted by Crippen LogP contribution is -2.14. The molecule has 0 unspecified atom stereocenters. The van der Waals surface area contributed by atoms with Crippen molar-refractivity contribution in [1.29, 1.82) is 0 Å². The topological polar surface area (TPSA) is 55.4 Å². The zero-order valence-electron chi connectivity index (χ0n) is 17.9. The number of amides is 1. The molecule has 1 heterocycles. The van der Waals surface area contributed by atoms with E-state index in [0.717, 1.165) is 27.1 Å². The Morgan fingerprint density at radius 2 is 1.38 bits per heavy atom. The summed E-state index contributed by atoms with van der Waals surface area (Å²) in [6, 6.07) is 27.1. The lowest BCUT2D eigenvalue weighted by Gasteiger charge is -2.09. The van der Waals surface area contributed by atoms with Crippen molar-refractivity contribution in [1.82, 2.24) is 0 Å². The van der Waals surface area contributed by atoms with Gasteiger partial charge in [0.15, 0.2) is 0 Å². The summed E-state index contributed by atoms with van der Waals surface area (Å²) in [5.74, 6) is -0.707. The van der Waals surface area contributed by atoms with Crippen molar-refractivity contribution in [3.63, 3.8) is 0 Å². The number of anilines is 1. The van der Waals surface area contributed by atoms with Crippen LogP contribution >= 0.6 is 11.3 Å². The highest BCUT2D eigenvalue weighted by Gasteiger charge is 2.25. The monoisotopic (exact) mass is 441 g/mol. The fraction of sp³-hybridized carbons (Fsp3) is 0.111. The third-order valence-corrected chi connectivity index (χ3v) is 6.13. The van der Waals surface area contributed by atoms with Crippen molar-refractivity contribution in [3.8, 4) is 22.3 Å². The molecule has 32 heavy (non-hydrogen) atoms. The van der Waals surface area contributed by atoms with E-state index < -0.39 is 5.97 Å². The van der Waals surface area contributed by atoms with Crippen LogP contribution < -0.4 is 5.32 Å². The Bertz CT molecular complexity index is 1230. The average Bonchev–Trinajstić information content (AvgIpc) is 3.16. The van der Waals surface area contributed by atoms with Crippen LogP contribution in [0.3, 0.4) is 0 Å². The van der Waals surface area contributed by atoms with E-state index in [1.165, 1.54) is 11.3 Å². The number of esters is 1. The molecule has 0 saturated carbocycles. The van der Waals surface area contributed by atoms with Crippen molar-refractivity contribution >= 4 is 28.2 Å². The summed E-state index contributed by atoms with van der Waals surface area (Å²) < 4.78 is 5.31. The molecule has 0 radical (unpaired) electrons. The Kier molecular flexibility index (Phi) is 6.47. The van der Waals surface area contributed by atoms with Gasteiger partial charge in [-0.2, -0.15) is 0 Å². The standard InChI is InChI=1S/C27H23NO3S/c1-3-31-27(30)24-23(21-12-8-5-9-13-21)18(2)32-26(24)28-25(29)22-16-14-20(15-17-22)19-10-6-4-7-11-19/h4-17H,3H2,1-2H3,(H,28,29). The van der Waals surface area contributed by atoms with Crippen LogP contribution in [0.1, 0.15) is 32.5 Å². The number of carbonyl (C=O) groups is 2. The molecule has 160 valence electrons. The van der Waals surface area contributed by atoms with E-state index in [1.54, 1.807) is 19.1 Å². The molecule has 1 amide bonds. The third-order valence-electron chi connectivity index (χ3n) is 5.11. The number of rotatable bonds is 6. The smallest absolute Gasteiger partial charge is 0.341 e. The van der Waals surface area contributed by atoms with Gasteiger partial charge in [0, 0.05) is 16.0 Å². The van der Waals surface area contributed by atoms with Crippen LogP contribution in [0.5, 0.6) is 0 Å². The molecule has 0 bridgehead atoms. The van der Waals surface area contributed by atoms with Crippen molar-refractivity contribution in [2.75, 3.05) is 11.9 Å². The van der Waals surface area contributed by atoms with Crippen molar-refractivity contribution < 1.29 is 14.3 Å². The van der Waals surface area contributed by atoms with Gasteiger partial charge in [0.1, 0.15) is 10.6 Å². The van der Waals surface area contributed by atoms with E-state index in [1.807, 2.05) is 79.7 Å². The number of aryl methyl sites for hydroxylation is 1. The van der Waals surface area contributed by atoms with Crippen LogP contribution in [0.2, 0.25) is 0 Å². The maximum Gasteiger partial charge on any atom is 0.341 e. The SMILES string of the molecule is CCOC(=O)c1c(NC(=O)c2ccc(-c3ccccc3)cc2)sc(C)c1-c1ccccc1. The number of ether oxygens (including phenoxy) is 1. The number of benzene rings is 3. The molecule has 0 aliphatic rings. The molecular formula is C27H23NO3S. The quantitative estimate of drug-likeness (QED) is 0.334. The van der Waals surface area contributed by atoms with Gasteiger partial charge in [-0.15, -0.1) is 11.3 Å². The molecule has 1 N–H and O–H groups in total. The van der Waals surface area contributed by atoms with Crippen LogP contribution in [-0.2, 0) is 4.74 Å². The summed E-state index contributed by atoms with van der Waals surface area (Å²) in [4.78, 5) is 26.8. The van der Waals surface area contributed by atoms with Gasteiger partial charge < -0.3 is 10.1 Å². The predicted molar refractivity (Wildman–Crippen MR) is 130 cm³/mol. The Labute approximate surface area is 191 Å². The zero-order chi connectivity index (χ0) is 22.5. The summed E-state index contributed by atoms with van der Waals surface area (Å²) in [6.07, 6.45) is 0. The second kappa shape index (κ2) is 9.62. The van der Waals surface area contributed by atoms with Gasteiger partial charge in [0.25, 0.3) is 5.91 Å². The second-order valence-corrected chi connectivity index (χ2v) is 8.45. The third kappa shape index (κ3) is 4.48. The molecule has 0 aliphatic carbocycles. The number of nitrogens with one attached hydrogen (secondary N) is 1. The number of thiophene rings is 1. The van der Waals surface area contributed by atoms with E-state index >= 15 is 0 Å². The first-order valence-corrected chi connectivity index (χ1v) is 11.2. The maximum atomic E-state index is 13.0. The minimum absolute atomic E-state index is 0.260. The van der Waals surface area contributed by atoms with Gasteiger partial charge in [-0.25, -0.2) is 4.79 Å². The fourth-order valence-corrected chi connectivity index (χ4v) is 4.66. The van der Waals surface area contributed by atoms with Crippen LogP contribution in [0.25, 0.3) is 22.3 Å². The first-order chi connectivity index (χ1) is 15.6. The van der Waals surface area contributed by atoms with Crippen molar-refractivity contribution in [3.05, 3.63) is 101 Å². The number of carbonyl (C=O) groups excluding carboxylic acids is 2. The number of hydrogen-bond donors (Lipinski definition) is 1. The Hall–Kier alpha value is -3.70. The lowest BCUT2D eigenvalue weighted by molar-refractivity contribution is 0.0529. The van der Waals surface area contributed by atoms with Crippen LogP contribution in [0, 0.1) is 6.92 Å². The van der Waals surface area contributed by atoms with Gasteiger partial charge in [0.2, 0.25) is 0 Å². The van der Waals surface area contributed by atoms with Gasteiger partial charge >= 0.3 is 5.97 Å². The van der Waals surface area contributed by atoms with Crippen LogP contribution in [0.15, 0.2) is 84.9 Å². The molecule has 4 rings (SSSR count). The summed E-state index contributed by atoms with van der Waals surface area (Å²) in [5.41, 5.74) is 4.75. The molecule has 0 fully saturated rings. The summed E-state index contributed by atoms with van der Waals surface area (Å²) in [6.45, 7) is 3.97. The predicted octanol–water partition coefficient (Wildman–Crippen LogP) is 6.82. The Morgan fingerprint density at radius 3 is 1.97 bits per heavy atom. The molecular weight excluding hydrogens is 418 g/mol. The fourth-order valence-electron chi connectivity index (χ4n) is 3.60. The molecule has 0 aliphatic heterocycles. The molecule has 0 saturated heterocycles. The average molecular weight is 442 g/mol. The highest BCUT2D eigenvalue weighted by Crippen LogP contribution is 2.40. The molecule has 4 nitrogen and oxygen atoms in total.